The summed E-state index contributed by atoms with van der Waals surface area (Å²) in [5.74, 6) is 0. The number of hydrogen-bond acceptors (Lipinski definition) is 2. The van der Waals surface area contributed by atoms with Crippen LogP contribution in [0.25, 0.3) is 0 Å². The van der Waals surface area contributed by atoms with E-state index >= 15 is 0 Å². The summed E-state index contributed by atoms with van der Waals surface area (Å²) in [6.07, 6.45) is 9.29. The molecule has 1 aliphatic carbocycles. The molecule has 0 amide bonds. The second-order valence-corrected chi connectivity index (χ2v) is 6.04. The number of rotatable bonds is 7. The number of benzene rings is 1. The zero-order valence-corrected chi connectivity index (χ0v) is 12.9. The first-order valence-corrected chi connectivity index (χ1v) is 8.35. The van der Waals surface area contributed by atoms with Crippen LogP contribution >= 0.6 is 0 Å². The first-order valence-electron chi connectivity index (χ1n) is 8.35. The van der Waals surface area contributed by atoms with E-state index in [1.807, 2.05) is 0 Å². The predicted octanol–water partition coefficient (Wildman–Crippen LogP) is 3.60. The van der Waals surface area contributed by atoms with Gasteiger partial charge >= 0.3 is 0 Å². The van der Waals surface area contributed by atoms with Crippen LogP contribution in [0.5, 0.6) is 0 Å². The number of likely N-dealkylation sites (N-methyl/N-ethyl adjacent to an activating group) is 1. The van der Waals surface area contributed by atoms with Crippen LogP contribution in [0.15, 0.2) is 30.3 Å². The van der Waals surface area contributed by atoms with Crippen molar-refractivity contribution in [2.24, 2.45) is 5.73 Å². The van der Waals surface area contributed by atoms with Crippen LogP contribution < -0.4 is 5.73 Å². The Morgan fingerprint density at radius 1 is 1.15 bits per heavy atom. The Bertz CT molecular complexity index is 357. The van der Waals surface area contributed by atoms with Crippen LogP contribution in [0, 0.1) is 0 Å². The highest BCUT2D eigenvalue weighted by Gasteiger charge is 2.25. The highest BCUT2D eigenvalue weighted by atomic mass is 15.2. The lowest BCUT2D eigenvalue weighted by atomic mass is 9.92. The van der Waals surface area contributed by atoms with E-state index in [1.54, 1.807) is 0 Å². The lowest BCUT2D eigenvalue weighted by molar-refractivity contribution is 0.108. The molecule has 1 aromatic rings. The summed E-state index contributed by atoms with van der Waals surface area (Å²) in [6, 6.07) is 12.1. The molecule has 2 nitrogen and oxygen atoms in total. The molecular weight excluding hydrogens is 244 g/mol. The first kappa shape index (κ1) is 15.5. The second-order valence-electron chi connectivity index (χ2n) is 6.04. The molecule has 20 heavy (non-hydrogen) atoms. The van der Waals surface area contributed by atoms with Crippen LogP contribution in [0.4, 0.5) is 0 Å². The molecule has 0 aromatic heterocycles. The quantitative estimate of drug-likeness (QED) is 0.823. The molecule has 1 atom stereocenters. The van der Waals surface area contributed by atoms with Gasteiger partial charge in [0.2, 0.25) is 0 Å². The van der Waals surface area contributed by atoms with Crippen molar-refractivity contribution in [3.8, 4) is 0 Å². The monoisotopic (exact) mass is 274 g/mol. The minimum absolute atomic E-state index is 0.545. The topological polar surface area (TPSA) is 29.3 Å². The summed E-state index contributed by atoms with van der Waals surface area (Å²) in [5.41, 5.74) is 7.51. The van der Waals surface area contributed by atoms with E-state index in [0.29, 0.717) is 6.04 Å². The molecule has 1 aliphatic rings. The summed E-state index contributed by atoms with van der Waals surface area (Å²) in [4.78, 5) is 2.68. The Morgan fingerprint density at radius 3 is 2.45 bits per heavy atom. The van der Waals surface area contributed by atoms with Gasteiger partial charge in [-0.05, 0) is 37.8 Å². The number of aryl methyl sites for hydroxylation is 1. The Hall–Kier alpha value is -0.860. The maximum Gasteiger partial charge on any atom is 0.0224 e. The molecule has 0 saturated heterocycles. The Balaban J connectivity index is 1.91. The van der Waals surface area contributed by atoms with Gasteiger partial charge in [-0.25, -0.2) is 0 Å². The molecular formula is C18H30N2. The standard InChI is InChI=1S/C18H30N2/c1-2-20(17-11-7-4-8-12-17)18(15-19)14-13-16-9-5-3-6-10-16/h3,5-6,9-10,17-18H,2,4,7-8,11-15,19H2,1H3. The minimum atomic E-state index is 0.545. The van der Waals surface area contributed by atoms with Gasteiger partial charge in [0.1, 0.15) is 0 Å². The minimum Gasteiger partial charge on any atom is -0.329 e. The first-order chi connectivity index (χ1) is 9.85. The van der Waals surface area contributed by atoms with Gasteiger partial charge in [-0.1, -0.05) is 56.5 Å². The van der Waals surface area contributed by atoms with Crippen LogP contribution in [0.3, 0.4) is 0 Å². The van der Waals surface area contributed by atoms with Crippen molar-refractivity contribution in [3.05, 3.63) is 35.9 Å². The van der Waals surface area contributed by atoms with Gasteiger partial charge in [0.25, 0.3) is 0 Å². The largest absolute Gasteiger partial charge is 0.329 e. The van der Waals surface area contributed by atoms with Gasteiger partial charge in [0.15, 0.2) is 0 Å². The van der Waals surface area contributed by atoms with Gasteiger partial charge in [-0.15, -0.1) is 0 Å². The molecule has 2 heteroatoms. The highest BCUT2D eigenvalue weighted by Crippen LogP contribution is 2.25. The van der Waals surface area contributed by atoms with Crippen molar-refractivity contribution in [2.75, 3.05) is 13.1 Å². The molecule has 0 spiro atoms. The third-order valence-electron chi connectivity index (χ3n) is 4.76. The number of hydrogen-bond donors (Lipinski definition) is 1. The van der Waals surface area contributed by atoms with Crippen molar-refractivity contribution in [1.82, 2.24) is 4.90 Å². The Labute approximate surface area is 124 Å². The molecule has 0 bridgehead atoms. The zero-order chi connectivity index (χ0) is 14.2. The Morgan fingerprint density at radius 2 is 1.85 bits per heavy atom. The molecule has 2 rings (SSSR count). The summed E-state index contributed by atoms with van der Waals surface area (Å²) in [5, 5.41) is 0. The van der Waals surface area contributed by atoms with E-state index in [1.165, 1.54) is 44.1 Å². The summed E-state index contributed by atoms with van der Waals surface area (Å²) in [7, 11) is 0. The summed E-state index contributed by atoms with van der Waals surface area (Å²) >= 11 is 0. The number of nitrogens with two attached hydrogens (primary N) is 1. The normalized spacial score (nSPS) is 18.4. The Kier molecular flexibility index (Phi) is 6.55. The van der Waals surface area contributed by atoms with E-state index in [2.05, 4.69) is 42.2 Å². The molecule has 0 radical (unpaired) electrons. The SMILES string of the molecule is CCN(C(CN)CCc1ccccc1)C1CCCCC1. The molecule has 1 aromatic carbocycles. The molecule has 112 valence electrons. The van der Waals surface area contributed by atoms with Crippen molar-refractivity contribution in [1.29, 1.82) is 0 Å². The summed E-state index contributed by atoms with van der Waals surface area (Å²) in [6.45, 7) is 4.22. The van der Waals surface area contributed by atoms with Crippen LogP contribution in [-0.2, 0) is 6.42 Å². The fourth-order valence-electron chi connectivity index (χ4n) is 3.62. The highest BCUT2D eigenvalue weighted by molar-refractivity contribution is 5.14. The van der Waals surface area contributed by atoms with Gasteiger partial charge < -0.3 is 5.73 Å². The average molecular weight is 274 g/mol. The maximum absolute atomic E-state index is 6.08. The molecule has 0 aliphatic heterocycles. The van der Waals surface area contributed by atoms with Crippen LogP contribution in [0.2, 0.25) is 0 Å². The zero-order valence-electron chi connectivity index (χ0n) is 12.9. The van der Waals surface area contributed by atoms with Crippen molar-refractivity contribution < 1.29 is 0 Å². The molecule has 1 fully saturated rings. The molecule has 1 unspecified atom stereocenters. The molecule has 1 saturated carbocycles. The van der Waals surface area contributed by atoms with E-state index in [0.717, 1.165) is 25.6 Å². The van der Waals surface area contributed by atoms with Crippen molar-refractivity contribution >= 4 is 0 Å². The van der Waals surface area contributed by atoms with E-state index < -0.39 is 0 Å². The third-order valence-corrected chi connectivity index (χ3v) is 4.76. The van der Waals surface area contributed by atoms with Crippen LogP contribution in [-0.4, -0.2) is 30.1 Å². The van der Waals surface area contributed by atoms with E-state index in [-0.39, 0.29) is 0 Å². The van der Waals surface area contributed by atoms with Gasteiger partial charge in [-0.2, -0.15) is 0 Å². The second kappa shape index (κ2) is 8.43. The van der Waals surface area contributed by atoms with Crippen LogP contribution in [0.1, 0.15) is 51.0 Å². The fraction of sp³-hybridized carbons (Fsp3) is 0.667. The van der Waals surface area contributed by atoms with Crippen molar-refractivity contribution in [2.45, 2.75) is 64.0 Å². The third kappa shape index (κ3) is 4.32. The van der Waals surface area contributed by atoms with Gasteiger partial charge in [0, 0.05) is 18.6 Å². The van der Waals surface area contributed by atoms with Crippen molar-refractivity contribution in [3.63, 3.8) is 0 Å². The number of nitrogens with zero attached hydrogens (tertiary/aromatic N) is 1. The van der Waals surface area contributed by atoms with E-state index in [4.69, 9.17) is 5.73 Å². The lowest BCUT2D eigenvalue weighted by Crippen LogP contribution is -2.47. The maximum atomic E-state index is 6.08. The molecule has 2 N–H and O–H groups in total. The fourth-order valence-corrected chi connectivity index (χ4v) is 3.62. The lowest BCUT2D eigenvalue weighted by Gasteiger charge is -2.39. The molecule has 0 heterocycles. The van der Waals surface area contributed by atoms with Gasteiger partial charge in [0.05, 0.1) is 0 Å². The van der Waals surface area contributed by atoms with E-state index in [9.17, 15) is 0 Å². The average Bonchev–Trinajstić information content (AvgIpc) is 2.53. The van der Waals surface area contributed by atoms with Gasteiger partial charge in [-0.3, -0.25) is 4.90 Å². The smallest absolute Gasteiger partial charge is 0.0224 e. The summed E-state index contributed by atoms with van der Waals surface area (Å²) < 4.78 is 0. The predicted molar refractivity (Wildman–Crippen MR) is 86.9 cm³/mol.